The number of benzene rings is 3. The number of fused-ring (bicyclic) bond motifs is 4. The normalized spacial score (nSPS) is 14.8. The van der Waals surface area contributed by atoms with E-state index in [1.807, 2.05) is 81.4 Å². The van der Waals surface area contributed by atoms with E-state index in [-0.39, 0.29) is 11.0 Å². The molecule has 2 aromatic heterocycles. The molecule has 3 aromatic carbocycles. The molecule has 6 rings (SSSR count). The van der Waals surface area contributed by atoms with Crippen LogP contribution < -0.4 is 4.90 Å². The van der Waals surface area contributed by atoms with Gasteiger partial charge >= 0.3 is 6.09 Å². The first-order valence-electron chi connectivity index (χ1n) is 13.0. The average molecular weight is 543 g/mol. The Morgan fingerprint density at radius 2 is 1.49 bits per heavy atom. The molecule has 0 N–H and O–H groups in total. The van der Waals surface area contributed by atoms with Gasteiger partial charge in [-0.05, 0) is 44.4 Å². The summed E-state index contributed by atoms with van der Waals surface area (Å²) in [5, 5.41) is 3.06. The van der Waals surface area contributed by atoms with Crippen molar-refractivity contribution in [2.75, 3.05) is 31.1 Å². The number of hydrogen-bond acceptors (Lipinski definition) is 6. The molecule has 1 aliphatic heterocycles. The summed E-state index contributed by atoms with van der Waals surface area (Å²) < 4.78 is 35.2. The molecule has 200 valence electrons. The molecule has 0 spiro atoms. The van der Waals surface area contributed by atoms with Crippen LogP contribution in [0.2, 0.25) is 0 Å². The van der Waals surface area contributed by atoms with Crippen molar-refractivity contribution >= 4 is 54.5 Å². The van der Waals surface area contributed by atoms with Crippen LogP contribution >= 0.6 is 0 Å². The molecule has 0 saturated carbocycles. The van der Waals surface area contributed by atoms with Crippen LogP contribution in [-0.4, -0.2) is 60.1 Å². The molecule has 0 atom stereocenters. The number of ether oxygens (including phenoxy) is 1. The minimum Gasteiger partial charge on any atom is -0.444 e. The van der Waals surface area contributed by atoms with Crippen LogP contribution in [-0.2, 0) is 14.8 Å². The number of carbonyl (C=O) groups excluding carboxylic acids is 1. The maximum atomic E-state index is 14.2. The number of amides is 1. The molecule has 1 saturated heterocycles. The van der Waals surface area contributed by atoms with Gasteiger partial charge < -0.3 is 14.5 Å². The van der Waals surface area contributed by atoms with Crippen LogP contribution in [0.5, 0.6) is 0 Å². The molecule has 0 bridgehead atoms. The monoisotopic (exact) mass is 542 g/mol. The van der Waals surface area contributed by atoms with Gasteiger partial charge in [-0.1, -0.05) is 54.6 Å². The topological polar surface area (TPSA) is 84.7 Å². The third-order valence-corrected chi connectivity index (χ3v) is 8.73. The molecule has 8 nitrogen and oxygen atoms in total. The first-order chi connectivity index (χ1) is 18.6. The lowest BCUT2D eigenvalue weighted by molar-refractivity contribution is 0.0240. The van der Waals surface area contributed by atoms with Crippen molar-refractivity contribution in [3.8, 4) is 0 Å². The predicted octanol–water partition coefficient (Wildman–Crippen LogP) is 5.64. The number of hydrogen-bond donors (Lipinski definition) is 0. The fourth-order valence-corrected chi connectivity index (χ4v) is 6.78. The number of para-hydroxylation sites is 1. The van der Waals surface area contributed by atoms with Gasteiger partial charge in [0.1, 0.15) is 11.4 Å². The maximum absolute atomic E-state index is 14.2. The van der Waals surface area contributed by atoms with Crippen LogP contribution in [0.4, 0.5) is 10.6 Å². The van der Waals surface area contributed by atoms with Gasteiger partial charge in [0, 0.05) is 48.5 Å². The first kappa shape index (κ1) is 25.2. The summed E-state index contributed by atoms with van der Waals surface area (Å²) in [7, 11) is -3.92. The van der Waals surface area contributed by atoms with Gasteiger partial charge in [-0.15, -0.1) is 0 Å². The van der Waals surface area contributed by atoms with Crippen molar-refractivity contribution in [1.82, 2.24) is 13.9 Å². The zero-order valence-corrected chi connectivity index (χ0v) is 23.0. The highest BCUT2D eigenvalue weighted by Crippen LogP contribution is 2.36. The summed E-state index contributed by atoms with van der Waals surface area (Å²) in [5.74, 6) is 0.708. The molecule has 3 heterocycles. The molecule has 0 aliphatic carbocycles. The van der Waals surface area contributed by atoms with Gasteiger partial charge in [0.25, 0.3) is 10.0 Å². The second-order valence-corrected chi connectivity index (χ2v) is 12.5. The summed E-state index contributed by atoms with van der Waals surface area (Å²) in [6, 6.07) is 22.3. The Hall–Kier alpha value is -4.11. The third kappa shape index (κ3) is 4.46. The molecule has 1 fully saturated rings. The van der Waals surface area contributed by atoms with E-state index >= 15 is 0 Å². The van der Waals surface area contributed by atoms with E-state index < -0.39 is 15.6 Å². The van der Waals surface area contributed by atoms with E-state index in [0.29, 0.717) is 48.4 Å². The number of anilines is 1. The summed E-state index contributed by atoms with van der Waals surface area (Å²) in [5.41, 5.74) is 0.749. The van der Waals surface area contributed by atoms with Gasteiger partial charge in [0.2, 0.25) is 0 Å². The number of rotatable bonds is 3. The van der Waals surface area contributed by atoms with E-state index in [0.717, 1.165) is 16.2 Å². The largest absolute Gasteiger partial charge is 0.444 e. The van der Waals surface area contributed by atoms with Crippen molar-refractivity contribution < 1.29 is 17.9 Å². The lowest BCUT2D eigenvalue weighted by Crippen LogP contribution is -2.50. The Morgan fingerprint density at radius 3 is 2.23 bits per heavy atom. The second kappa shape index (κ2) is 9.27. The fourth-order valence-electron chi connectivity index (χ4n) is 5.20. The third-order valence-electron chi connectivity index (χ3n) is 7.00. The Morgan fingerprint density at radius 1 is 0.821 bits per heavy atom. The van der Waals surface area contributed by atoms with Gasteiger partial charge in [-0.25, -0.2) is 22.2 Å². The molecule has 1 aliphatic rings. The Balaban J connectivity index is 1.44. The van der Waals surface area contributed by atoms with E-state index in [4.69, 9.17) is 9.72 Å². The van der Waals surface area contributed by atoms with Crippen LogP contribution in [0.15, 0.2) is 83.9 Å². The number of carbonyl (C=O) groups is 1. The molecular weight excluding hydrogens is 512 g/mol. The summed E-state index contributed by atoms with van der Waals surface area (Å²) in [4.78, 5) is 21.6. The van der Waals surface area contributed by atoms with Gasteiger partial charge in [0.05, 0.1) is 15.9 Å². The molecule has 1 amide bonds. The van der Waals surface area contributed by atoms with Crippen LogP contribution in [0.3, 0.4) is 0 Å². The highest BCUT2D eigenvalue weighted by molar-refractivity contribution is 7.90. The number of pyridine rings is 1. The Bertz CT molecular complexity index is 1830. The van der Waals surface area contributed by atoms with E-state index in [1.165, 1.54) is 3.97 Å². The van der Waals surface area contributed by atoms with Crippen molar-refractivity contribution in [2.45, 2.75) is 31.3 Å². The SMILES string of the molecule is CC(C)(C)OC(=O)N1CCN(c2nc3ccccc3c3c2ccn3S(=O)(=O)c2cccc3ccccc23)CC1. The minimum atomic E-state index is -3.92. The Kier molecular flexibility index (Phi) is 5.99. The van der Waals surface area contributed by atoms with Gasteiger partial charge in [-0.2, -0.15) is 0 Å². The lowest BCUT2D eigenvalue weighted by Gasteiger charge is -2.36. The summed E-state index contributed by atoms with van der Waals surface area (Å²) >= 11 is 0. The number of nitrogens with zero attached hydrogens (tertiary/aromatic N) is 4. The molecule has 5 aromatic rings. The summed E-state index contributed by atoms with van der Waals surface area (Å²) in [6.45, 7) is 7.65. The number of piperazine rings is 1. The van der Waals surface area contributed by atoms with Crippen molar-refractivity contribution in [3.05, 3.63) is 79.0 Å². The fraction of sp³-hybridized carbons (Fsp3) is 0.267. The van der Waals surface area contributed by atoms with E-state index in [9.17, 15) is 13.2 Å². The molecule has 0 radical (unpaired) electrons. The highest BCUT2D eigenvalue weighted by Gasteiger charge is 2.29. The van der Waals surface area contributed by atoms with Crippen molar-refractivity contribution in [2.24, 2.45) is 0 Å². The van der Waals surface area contributed by atoms with E-state index in [2.05, 4.69) is 4.90 Å². The Labute approximate surface area is 227 Å². The molecule has 39 heavy (non-hydrogen) atoms. The minimum absolute atomic E-state index is 0.256. The highest BCUT2D eigenvalue weighted by atomic mass is 32.2. The maximum Gasteiger partial charge on any atom is 0.410 e. The van der Waals surface area contributed by atoms with E-state index in [1.54, 1.807) is 23.2 Å². The van der Waals surface area contributed by atoms with Gasteiger partial charge in [0.15, 0.2) is 0 Å². The smallest absolute Gasteiger partial charge is 0.410 e. The zero-order valence-electron chi connectivity index (χ0n) is 22.2. The number of aromatic nitrogens is 2. The quantitative estimate of drug-likeness (QED) is 0.294. The van der Waals surface area contributed by atoms with Crippen molar-refractivity contribution in [1.29, 1.82) is 0 Å². The molecule has 9 heteroatoms. The summed E-state index contributed by atoms with van der Waals surface area (Å²) in [6.07, 6.45) is 1.29. The second-order valence-electron chi connectivity index (χ2n) is 10.8. The first-order valence-corrected chi connectivity index (χ1v) is 14.4. The average Bonchev–Trinajstić information content (AvgIpc) is 3.38. The lowest BCUT2D eigenvalue weighted by atomic mass is 10.1. The molecule has 0 unspecified atom stereocenters. The van der Waals surface area contributed by atoms with Crippen LogP contribution in [0.1, 0.15) is 20.8 Å². The molecular formula is C30H30N4O4S. The predicted molar refractivity (Wildman–Crippen MR) is 154 cm³/mol. The van der Waals surface area contributed by atoms with Crippen LogP contribution in [0, 0.1) is 0 Å². The van der Waals surface area contributed by atoms with Gasteiger partial charge in [-0.3, -0.25) is 0 Å². The van der Waals surface area contributed by atoms with Crippen molar-refractivity contribution in [3.63, 3.8) is 0 Å². The van der Waals surface area contributed by atoms with Crippen LogP contribution in [0.25, 0.3) is 32.6 Å². The zero-order chi connectivity index (χ0) is 27.4. The standard InChI is InChI=1S/C30H30N4O4S/c1-30(2,3)38-29(35)33-19-17-32(18-20-33)28-24-15-16-34(27(24)23-12-6-7-13-25(23)31-28)39(36,37)26-14-8-10-21-9-4-5-11-22(21)26/h4-16H,17-20H2,1-3H3.